The zero-order chi connectivity index (χ0) is 18.8. The molecule has 0 amide bonds. The van der Waals surface area contributed by atoms with Crippen LogP contribution in [0.25, 0.3) is 0 Å². The van der Waals surface area contributed by atoms with E-state index in [1.54, 1.807) is 12.1 Å². The van der Waals surface area contributed by atoms with Gasteiger partial charge in [0.2, 0.25) is 20.0 Å². The van der Waals surface area contributed by atoms with Gasteiger partial charge in [-0.05, 0) is 61.2 Å². The van der Waals surface area contributed by atoms with Crippen molar-refractivity contribution in [2.24, 2.45) is 0 Å². The summed E-state index contributed by atoms with van der Waals surface area (Å²) in [5, 5.41) is 0. The highest BCUT2D eigenvalue weighted by molar-refractivity contribution is 7.90. The van der Waals surface area contributed by atoms with Crippen molar-refractivity contribution in [3.63, 3.8) is 0 Å². The fourth-order valence-corrected chi connectivity index (χ4v) is 4.72. The summed E-state index contributed by atoms with van der Waals surface area (Å²) < 4.78 is 54.0. The van der Waals surface area contributed by atoms with Gasteiger partial charge >= 0.3 is 0 Å². The van der Waals surface area contributed by atoms with Gasteiger partial charge in [-0.3, -0.25) is 0 Å². The van der Waals surface area contributed by atoms with E-state index in [-0.39, 0.29) is 34.8 Å². The number of hydrogen-bond acceptors (Lipinski definition) is 5. The zero-order valence-corrected chi connectivity index (χ0v) is 16.9. The van der Waals surface area contributed by atoms with Crippen LogP contribution in [0.2, 0.25) is 0 Å². The van der Waals surface area contributed by atoms with Crippen molar-refractivity contribution >= 4 is 38.1 Å². The number of sulfonamides is 2. The molecule has 27 heavy (non-hydrogen) atoms. The number of nitrogens with two attached hydrogens (primary N) is 1. The van der Waals surface area contributed by atoms with E-state index in [9.17, 15) is 16.8 Å². The Labute approximate surface area is 165 Å². The molecular formula is C17H22ClN3O4S2. The molecule has 0 saturated heterocycles. The van der Waals surface area contributed by atoms with E-state index >= 15 is 0 Å². The standard InChI is InChI=1S/C17H21N3O4S2.ClH/c18-14-3-1-13(2-4-14)11-12-19-25(21,22)16-7-9-17(10-8-16)26(23,24)20-15-5-6-15;/h1-4,7-10,15,19-20H,5-6,11-12,18H2;1H. The summed E-state index contributed by atoms with van der Waals surface area (Å²) in [6.45, 7) is 0.232. The van der Waals surface area contributed by atoms with E-state index in [1.165, 1.54) is 24.3 Å². The van der Waals surface area contributed by atoms with Gasteiger partial charge in [-0.2, -0.15) is 0 Å². The topological polar surface area (TPSA) is 118 Å². The molecule has 0 unspecified atom stereocenters. The van der Waals surface area contributed by atoms with Crippen LogP contribution in [0.3, 0.4) is 0 Å². The number of halogens is 1. The monoisotopic (exact) mass is 431 g/mol. The average Bonchev–Trinajstić information content (AvgIpc) is 3.40. The van der Waals surface area contributed by atoms with Gasteiger partial charge in [0.25, 0.3) is 0 Å². The van der Waals surface area contributed by atoms with Gasteiger partial charge in [-0.1, -0.05) is 12.1 Å². The highest BCUT2D eigenvalue weighted by Gasteiger charge is 2.28. The van der Waals surface area contributed by atoms with Gasteiger partial charge in [-0.25, -0.2) is 26.3 Å². The van der Waals surface area contributed by atoms with Crippen molar-refractivity contribution < 1.29 is 16.8 Å². The molecule has 2 aromatic rings. The highest BCUT2D eigenvalue weighted by atomic mass is 35.5. The third kappa shape index (κ3) is 5.91. The molecule has 0 aromatic heterocycles. The van der Waals surface area contributed by atoms with Gasteiger partial charge in [0, 0.05) is 18.3 Å². The van der Waals surface area contributed by atoms with Crippen LogP contribution in [0, 0.1) is 0 Å². The Kier molecular flexibility index (Phi) is 6.87. The average molecular weight is 432 g/mol. The third-order valence-electron chi connectivity index (χ3n) is 4.03. The van der Waals surface area contributed by atoms with Crippen molar-refractivity contribution in [3.05, 3.63) is 54.1 Å². The normalized spacial score (nSPS) is 14.5. The minimum atomic E-state index is -3.70. The second-order valence-electron chi connectivity index (χ2n) is 6.26. The van der Waals surface area contributed by atoms with Crippen molar-refractivity contribution in [2.75, 3.05) is 12.3 Å². The van der Waals surface area contributed by atoms with Gasteiger partial charge < -0.3 is 5.73 Å². The molecule has 0 spiro atoms. The smallest absolute Gasteiger partial charge is 0.240 e. The van der Waals surface area contributed by atoms with E-state index in [0.717, 1.165) is 18.4 Å². The SMILES string of the molecule is Cl.Nc1ccc(CCNS(=O)(=O)c2ccc(S(=O)(=O)NC3CC3)cc2)cc1. The fraction of sp³-hybridized carbons (Fsp3) is 0.294. The largest absolute Gasteiger partial charge is 0.399 e. The van der Waals surface area contributed by atoms with Crippen molar-refractivity contribution in [1.29, 1.82) is 0 Å². The van der Waals surface area contributed by atoms with Crippen LogP contribution < -0.4 is 15.2 Å². The Bertz CT molecular complexity index is 972. The maximum Gasteiger partial charge on any atom is 0.240 e. The van der Waals surface area contributed by atoms with Gasteiger partial charge in [-0.15, -0.1) is 12.4 Å². The van der Waals surface area contributed by atoms with Gasteiger partial charge in [0.1, 0.15) is 0 Å². The van der Waals surface area contributed by atoms with Gasteiger partial charge in [0.15, 0.2) is 0 Å². The first-order chi connectivity index (χ1) is 12.3. The number of nitrogen functional groups attached to an aromatic ring is 1. The number of anilines is 1. The number of nitrogens with one attached hydrogen (secondary N) is 2. The fourth-order valence-electron chi connectivity index (χ4n) is 2.38. The second-order valence-corrected chi connectivity index (χ2v) is 9.74. The highest BCUT2D eigenvalue weighted by Crippen LogP contribution is 2.22. The summed E-state index contributed by atoms with van der Waals surface area (Å²) in [6, 6.07) is 12.4. The quantitative estimate of drug-likeness (QED) is 0.549. The van der Waals surface area contributed by atoms with Crippen LogP contribution in [0.5, 0.6) is 0 Å². The first kappa shape index (κ1) is 21.6. The van der Waals surface area contributed by atoms with Gasteiger partial charge in [0.05, 0.1) is 9.79 Å². The van der Waals surface area contributed by atoms with Crippen molar-refractivity contribution in [3.8, 4) is 0 Å². The van der Waals surface area contributed by atoms with Crippen molar-refractivity contribution in [1.82, 2.24) is 9.44 Å². The Morgan fingerprint density at radius 1 is 0.852 bits per heavy atom. The lowest BCUT2D eigenvalue weighted by Crippen LogP contribution is -2.27. The number of rotatable bonds is 8. The van der Waals surface area contributed by atoms with E-state index in [4.69, 9.17) is 5.73 Å². The Morgan fingerprint density at radius 3 is 1.89 bits per heavy atom. The van der Waals surface area contributed by atoms with E-state index in [1.807, 2.05) is 12.1 Å². The molecule has 148 valence electrons. The molecule has 0 aliphatic heterocycles. The molecule has 3 rings (SSSR count). The molecule has 1 fully saturated rings. The van der Waals surface area contributed by atoms with E-state index < -0.39 is 20.0 Å². The Morgan fingerprint density at radius 2 is 1.37 bits per heavy atom. The molecule has 1 aliphatic carbocycles. The zero-order valence-electron chi connectivity index (χ0n) is 14.5. The van der Waals surface area contributed by atoms with Crippen LogP contribution in [0.15, 0.2) is 58.3 Å². The molecule has 0 atom stereocenters. The molecule has 1 aliphatic rings. The van der Waals surface area contributed by atoms with Crippen molar-refractivity contribution in [2.45, 2.75) is 35.1 Å². The minimum Gasteiger partial charge on any atom is -0.399 e. The summed E-state index contributed by atoms with van der Waals surface area (Å²) in [5.41, 5.74) is 7.23. The lowest BCUT2D eigenvalue weighted by Gasteiger charge is -2.09. The maximum absolute atomic E-state index is 12.3. The summed E-state index contributed by atoms with van der Waals surface area (Å²) in [6.07, 6.45) is 2.20. The summed E-state index contributed by atoms with van der Waals surface area (Å²) in [7, 11) is -7.29. The predicted octanol–water partition coefficient (Wildman–Crippen LogP) is 1.65. The Balaban J connectivity index is 0.00000261. The van der Waals surface area contributed by atoms with E-state index in [2.05, 4.69) is 9.44 Å². The summed E-state index contributed by atoms with van der Waals surface area (Å²) >= 11 is 0. The van der Waals surface area contributed by atoms with Crippen LogP contribution in [0.4, 0.5) is 5.69 Å². The summed E-state index contributed by atoms with van der Waals surface area (Å²) in [5.74, 6) is 0. The summed E-state index contributed by atoms with van der Waals surface area (Å²) in [4.78, 5) is 0.0883. The van der Waals surface area contributed by atoms with E-state index in [0.29, 0.717) is 12.1 Å². The third-order valence-corrected chi connectivity index (χ3v) is 7.04. The second kappa shape index (κ2) is 8.57. The molecular weight excluding hydrogens is 410 g/mol. The molecule has 10 heteroatoms. The predicted molar refractivity (Wildman–Crippen MR) is 107 cm³/mol. The lowest BCUT2D eigenvalue weighted by atomic mass is 10.1. The molecule has 0 heterocycles. The maximum atomic E-state index is 12.3. The minimum absolute atomic E-state index is 0. The van der Waals surface area contributed by atoms with Crippen LogP contribution in [-0.2, 0) is 26.5 Å². The first-order valence-electron chi connectivity index (χ1n) is 8.23. The number of hydrogen-bond donors (Lipinski definition) is 3. The van der Waals surface area contributed by atoms with Crippen LogP contribution in [-0.4, -0.2) is 29.4 Å². The first-order valence-corrected chi connectivity index (χ1v) is 11.2. The Hall–Kier alpha value is -1.65. The molecule has 4 N–H and O–H groups in total. The van der Waals surface area contributed by atoms with Crippen LogP contribution in [0.1, 0.15) is 18.4 Å². The molecule has 0 radical (unpaired) electrons. The molecule has 2 aromatic carbocycles. The number of benzene rings is 2. The molecule has 7 nitrogen and oxygen atoms in total. The van der Waals surface area contributed by atoms with Crippen LogP contribution >= 0.6 is 12.4 Å². The lowest BCUT2D eigenvalue weighted by molar-refractivity contribution is 0.577. The molecule has 0 bridgehead atoms. The molecule has 1 saturated carbocycles.